The molecule has 0 aromatic heterocycles. The number of nitrogens with one attached hydrogen (secondary N) is 1. The standard InChI is InChI=1S/C20H25FN2O2/c1-15-12-22-10-11-23(15)20(13-24)16-6-8-18(9-7-16)25-14-17-4-2-3-5-19(17)21/h2-9,15,20,22,24H,10-14H2,1H3. The SMILES string of the molecule is CC1CNCCN1C(CO)c1ccc(OCc2ccccc2F)cc1. The number of hydrogen-bond donors (Lipinski definition) is 2. The van der Waals surface area contributed by atoms with E-state index in [2.05, 4.69) is 17.1 Å². The maximum Gasteiger partial charge on any atom is 0.129 e. The molecule has 1 aliphatic rings. The van der Waals surface area contributed by atoms with Crippen LogP contribution in [0.3, 0.4) is 0 Å². The molecule has 2 aromatic rings. The first-order valence-electron chi connectivity index (χ1n) is 8.72. The number of nitrogens with zero attached hydrogens (tertiary/aromatic N) is 1. The number of rotatable bonds is 6. The third kappa shape index (κ3) is 4.37. The molecule has 134 valence electrons. The Morgan fingerprint density at radius 2 is 2.00 bits per heavy atom. The minimum Gasteiger partial charge on any atom is -0.489 e. The van der Waals surface area contributed by atoms with E-state index in [1.807, 2.05) is 24.3 Å². The lowest BCUT2D eigenvalue weighted by molar-refractivity contribution is 0.0723. The Kier molecular flexibility index (Phi) is 6.02. The van der Waals surface area contributed by atoms with Crippen LogP contribution in [-0.4, -0.2) is 42.3 Å². The number of hydrogen-bond acceptors (Lipinski definition) is 4. The van der Waals surface area contributed by atoms with Gasteiger partial charge in [-0.15, -0.1) is 0 Å². The zero-order chi connectivity index (χ0) is 17.6. The van der Waals surface area contributed by atoms with Crippen molar-refractivity contribution in [3.05, 3.63) is 65.5 Å². The summed E-state index contributed by atoms with van der Waals surface area (Å²) in [5, 5.41) is 13.2. The third-order valence-corrected chi connectivity index (χ3v) is 4.74. The molecule has 1 heterocycles. The molecule has 25 heavy (non-hydrogen) atoms. The van der Waals surface area contributed by atoms with Crippen molar-refractivity contribution in [2.45, 2.75) is 25.6 Å². The first-order valence-corrected chi connectivity index (χ1v) is 8.72. The molecule has 1 saturated heterocycles. The highest BCUT2D eigenvalue weighted by atomic mass is 19.1. The van der Waals surface area contributed by atoms with Crippen LogP contribution in [0, 0.1) is 5.82 Å². The summed E-state index contributed by atoms with van der Waals surface area (Å²) in [5.74, 6) is 0.434. The zero-order valence-electron chi connectivity index (χ0n) is 14.5. The van der Waals surface area contributed by atoms with Gasteiger partial charge in [-0.05, 0) is 30.7 Å². The van der Waals surface area contributed by atoms with Gasteiger partial charge in [0.05, 0.1) is 12.6 Å². The van der Waals surface area contributed by atoms with Crippen molar-refractivity contribution in [2.75, 3.05) is 26.2 Å². The van der Waals surface area contributed by atoms with Crippen LogP contribution in [0.25, 0.3) is 0 Å². The first-order chi connectivity index (χ1) is 12.2. The van der Waals surface area contributed by atoms with E-state index in [9.17, 15) is 9.50 Å². The fraction of sp³-hybridized carbons (Fsp3) is 0.400. The molecule has 1 aliphatic heterocycles. The molecule has 5 heteroatoms. The number of aliphatic hydroxyl groups excluding tert-OH is 1. The highest BCUT2D eigenvalue weighted by molar-refractivity contribution is 5.30. The van der Waals surface area contributed by atoms with Gasteiger partial charge in [0.25, 0.3) is 0 Å². The molecule has 2 aromatic carbocycles. The van der Waals surface area contributed by atoms with Crippen LogP contribution < -0.4 is 10.1 Å². The number of aliphatic hydroxyl groups is 1. The number of piperazine rings is 1. The molecule has 0 amide bonds. The highest BCUT2D eigenvalue weighted by Crippen LogP contribution is 2.25. The van der Waals surface area contributed by atoms with Crippen molar-refractivity contribution >= 4 is 0 Å². The maximum absolute atomic E-state index is 13.6. The topological polar surface area (TPSA) is 44.7 Å². The second-order valence-electron chi connectivity index (χ2n) is 6.44. The molecular formula is C20H25FN2O2. The Bertz CT molecular complexity index is 678. The van der Waals surface area contributed by atoms with Crippen LogP contribution in [0.4, 0.5) is 4.39 Å². The van der Waals surface area contributed by atoms with E-state index in [1.165, 1.54) is 6.07 Å². The predicted octanol–water partition coefficient (Wildman–Crippen LogP) is 2.73. The molecule has 0 aliphatic carbocycles. The molecule has 0 radical (unpaired) electrons. The van der Waals surface area contributed by atoms with Crippen molar-refractivity contribution in [3.63, 3.8) is 0 Å². The van der Waals surface area contributed by atoms with Crippen molar-refractivity contribution in [1.29, 1.82) is 0 Å². The van der Waals surface area contributed by atoms with Gasteiger partial charge in [-0.25, -0.2) is 4.39 Å². The molecule has 4 nitrogen and oxygen atoms in total. The van der Waals surface area contributed by atoms with E-state index < -0.39 is 0 Å². The molecule has 2 unspecified atom stereocenters. The van der Waals surface area contributed by atoms with Gasteiger partial charge in [-0.1, -0.05) is 30.3 Å². The van der Waals surface area contributed by atoms with Gasteiger partial charge in [-0.3, -0.25) is 4.90 Å². The molecule has 3 rings (SSSR count). The Hall–Kier alpha value is -1.95. The second kappa shape index (κ2) is 8.43. The summed E-state index contributed by atoms with van der Waals surface area (Å²) in [6.45, 7) is 5.23. The molecule has 1 fully saturated rings. The van der Waals surface area contributed by atoms with Crippen molar-refractivity contribution in [3.8, 4) is 5.75 Å². The zero-order valence-corrected chi connectivity index (χ0v) is 14.5. The summed E-state index contributed by atoms with van der Waals surface area (Å²) < 4.78 is 19.3. The van der Waals surface area contributed by atoms with E-state index >= 15 is 0 Å². The largest absolute Gasteiger partial charge is 0.489 e. The van der Waals surface area contributed by atoms with E-state index in [1.54, 1.807) is 18.2 Å². The Balaban J connectivity index is 1.65. The van der Waals surface area contributed by atoms with Gasteiger partial charge in [0, 0.05) is 31.2 Å². The summed E-state index contributed by atoms with van der Waals surface area (Å²) in [6.07, 6.45) is 0. The first kappa shape index (κ1) is 17.9. The third-order valence-electron chi connectivity index (χ3n) is 4.74. The summed E-state index contributed by atoms with van der Waals surface area (Å²) in [6, 6.07) is 14.7. The van der Waals surface area contributed by atoms with E-state index in [0.29, 0.717) is 17.4 Å². The number of ether oxygens (including phenoxy) is 1. The number of benzene rings is 2. The van der Waals surface area contributed by atoms with Gasteiger partial charge in [0.15, 0.2) is 0 Å². The minimum absolute atomic E-state index is 0.0160. The minimum atomic E-state index is -0.257. The van der Waals surface area contributed by atoms with E-state index in [-0.39, 0.29) is 25.1 Å². The molecule has 0 bridgehead atoms. The summed E-state index contributed by atoms with van der Waals surface area (Å²) in [7, 11) is 0. The van der Waals surface area contributed by atoms with Crippen LogP contribution >= 0.6 is 0 Å². The highest BCUT2D eigenvalue weighted by Gasteiger charge is 2.26. The second-order valence-corrected chi connectivity index (χ2v) is 6.44. The van der Waals surface area contributed by atoms with Crippen LogP contribution in [0.5, 0.6) is 5.75 Å². The average molecular weight is 344 g/mol. The summed E-state index contributed by atoms with van der Waals surface area (Å²) in [5.41, 5.74) is 1.60. The Morgan fingerprint density at radius 3 is 2.68 bits per heavy atom. The van der Waals surface area contributed by atoms with Crippen molar-refractivity contribution in [1.82, 2.24) is 10.2 Å². The monoisotopic (exact) mass is 344 g/mol. The Morgan fingerprint density at radius 1 is 1.24 bits per heavy atom. The van der Waals surface area contributed by atoms with E-state index in [0.717, 1.165) is 25.2 Å². The summed E-state index contributed by atoms with van der Waals surface area (Å²) in [4.78, 5) is 2.33. The number of halogens is 1. The van der Waals surface area contributed by atoms with Gasteiger partial charge in [0.1, 0.15) is 18.2 Å². The molecule has 2 N–H and O–H groups in total. The van der Waals surface area contributed by atoms with Gasteiger partial charge < -0.3 is 15.2 Å². The molecule has 0 saturated carbocycles. The van der Waals surface area contributed by atoms with Crippen LogP contribution in [-0.2, 0) is 6.61 Å². The average Bonchev–Trinajstić information content (AvgIpc) is 2.64. The smallest absolute Gasteiger partial charge is 0.129 e. The van der Waals surface area contributed by atoms with E-state index in [4.69, 9.17) is 4.74 Å². The Labute approximate surface area is 148 Å². The molecular weight excluding hydrogens is 319 g/mol. The lowest BCUT2D eigenvalue weighted by atomic mass is 10.0. The molecule has 0 spiro atoms. The predicted molar refractivity (Wildman–Crippen MR) is 96.0 cm³/mol. The van der Waals surface area contributed by atoms with Crippen LogP contribution in [0.15, 0.2) is 48.5 Å². The van der Waals surface area contributed by atoms with Crippen LogP contribution in [0.1, 0.15) is 24.1 Å². The van der Waals surface area contributed by atoms with Crippen molar-refractivity contribution < 1.29 is 14.2 Å². The van der Waals surface area contributed by atoms with Crippen molar-refractivity contribution in [2.24, 2.45) is 0 Å². The fourth-order valence-electron chi connectivity index (χ4n) is 3.28. The maximum atomic E-state index is 13.6. The van der Waals surface area contributed by atoms with Gasteiger partial charge in [0.2, 0.25) is 0 Å². The van der Waals surface area contributed by atoms with Gasteiger partial charge in [-0.2, -0.15) is 0 Å². The summed E-state index contributed by atoms with van der Waals surface area (Å²) >= 11 is 0. The van der Waals surface area contributed by atoms with Gasteiger partial charge >= 0.3 is 0 Å². The lowest BCUT2D eigenvalue weighted by Crippen LogP contribution is -2.51. The fourth-order valence-corrected chi connectivity index (χ4v) is 3.28. The quantitative estimate of drug-likeness (QED) is 0.846. The molecule has 2 atom stereocenters. The normalized spacial score (nSPS) is 19.6. The lowest BCUT2D eigenvalue weighted by Gasteiger charge is -2.39. The van der Waals surface area contributed by atoms with Crippen LogP contribution in [0.2, 0.25) is 0 Å².